The molecule has 0 atom stereocenters. The van der Waals surface area contributed by atoms with Crippen LogP contribution in [0.3, 0.4) is 0 Å². The number of hydrogen-bond donors (Lipinski definition) is 0. The van der Waals surface area contributed by atoms with E-state index in [1.807, 2.05) is 63.1 Å². The number of esters is 1. The number of aldehydes is 1. The van der Waals surface area contributed by atoms with Crippen LogP contribution in [0, 0.1) is 0 Å². The van der Waals surface area contributed by atoms with Crippen LogP contribution >= 0.6 is 0 Å². The van der Waals surface area contributed by atoms with Crippen LogP contribution in [0.25, 0.3) is 0 Å². The van der Waals surface area contributed by atoms with E-state index in [9.17, 15) is 9.59 Å². The molecule has 1 heterocycles. The summed E-state index contributed by atoms with van der Waals surface area (Å²) in [5.74, 6) is 0.234. The SMILES string of the molecule is CN(Cc1ccccc1)c1nccc(C=O)c1CC(=O)OC(C)(C)C. The van der Waals surface area contributed by atoms with Gasteiger partial charge in [-0.3, -0.25) is 9.59 Å². The molecule has 1 aromatic heterocycles. The standard InChI is InChI=1S/C20H24N2O3/c1-20(2,3)25-18(24)12-17-16(14-23)10-11-21-19(17)22(4)13-15-8-6-5-7-9-15/h5-11,14H,12-13H2,1-4H3. The van der Waals surface area contributed by atoms with Crippen LogP contribution < -0.4 is 4.90 Å². The van der Waals surface area contributed by atoms with Crippen molar-refractivity contribution in [3.8, 4) is 0 Å². The van der Waals surface area contributed by atoms with Crippen molar-refractivity contribution in [2.24, 2.45) is 0 Å². The van der Waals surface area contributed by atoms with E-state index in [-0.39, 0.29) is 12.4 Å². The van der Waals surface area contributed by atoms with Gasteiger partial charge in [-0.25, -0.2) is 4.98 Å². The van der Waals surface area contributed by atoms with E-state index in [1.54, 1.807) is 12.3 Å². The second-order valence-electron chi connectivity index (χ2n) is 6.93. The Morgan fingerprint density at radius 3 is 2.48 bits per heavy atom. The number of anilines is 1. The summed E-state index contributed by atoms with van der Waals surface area (Å²) >= 11 is 0. The van der Waals surface area contributed by atoms with E-state index >= 15 is 0 Å². The summed E-state index contributed by atoms with van der Waals surface area (Å²) in [4.78, 5) is 30.0. The molecule has 0 bridgehead atoms. The minimum Gasteiger partial charge on any atom is -0.460 e. The highest BCUT2D eigenvalue weighted by Gasteiger charge is 2.21. The summed E-state index contributed by atoms with van der Waals surface area (Å²) in [6.45, 7) is 6.07. The Bertz CT molecular complexity index is 736. The van der Waals surface area contributed by atoms with Gasteiger partial charge in [-0.15, -0.1) is 0 Å². The Labute approximate surface area is 148 Å². The topological polar surface area (TPSA) is 59.5 Å². The highest BCUT2D eigenvalue weighted by molar-refractivity contribution is 5.84. The minimum absolute atomic E-state index is 0.00759. The maximum atomic E-state index is 12.2. The molecule has 132 valence electrons. The highest BCUT2D eigenvalue weighted by Crippen LogP contribution is 2.23. The summed E-state index contributed by atoms with van der Waals surface area (Å²) in [6, 6.07) is 11.6. The Morgan fingerprint density at radius 2 is 1.88 bits per heavy atom. The fourth-order valence-electron chi connectivity index (χ4n) is 2.57. The summed E-state index contributed by atoms with van der Waals surface area (Å²) in [7, 11) is 1.89. The van der Waals surface area contributed by atoms with E-state index in [0.717, 1.165) is 11.8 Å². The second-order valence-corrected chi connectivity index (χ2v) is 6.93. The predicted octanol–water partition coefficient (Wildman–Crippen LogP) is 3.41. The number of rotatable bonds is 6. The smallest absolute Gasteiger partial charge is 0.310 e. The van der Waals surface area contributed by atoms with Gasteiger partial charge in [-0.2, -0.15) is 0 Å². The third kappa shape index (κ3) is 5.41. The number of hydrogen-bond acceptors (Lipinski definition) is 5. The second kappa shape index (κ2) is 7.92. The summed E-state index contributed by atoms with van der Waals surface area (Å²) in [5.41, 5.74) is 1.59. The zero-order valence-electron chi connectivity index (χ0n) is 15.2. The van der Waals surface area contributed by atoms with Crippen LogP contribution in [0.5, 0.6) is 0 Å². The molecule has 25 heavy (non-hydrogen) atoms. The molecule has 0 unspecified atom stereocenters. The number of benzene rings is 1. The van der Waals surface area contributed by atoms with Crippen molar-refractivity contribution in [2.45, 2.75) is 39.3 Å². The maximum absolute atomic E-state index is 12.2. The Hall–Kier alpha value is -2.69. The molecule has 0 amide bonds. The van der Waals surface area contributed by atoms with Crippen LogP contribution in [0.4, 0.5) is 5.82 Å². The summed E-state index contributed by atoms with van der Waals surface area (Å²) < 4.78 is 5.39. The zero-order chi connectivity index (χ0) is 18.4. The molecule has 1 aromatic carbocycles. The van der Waals surface area contributed by atoms with Gasteiger partial charge < -0.3 is 9.64 Å². The molecular weight excluding hydrogens is 316 g/mol. The Kier molecular flexibility index (Phi) is 5.91. The van der Waals surface area contributed by atoms with Crippen molar-refractivity contribution in [2.75, 3.05) is 11.9 Å². The average molecular weight is 340 g/mol. The third-order valence-electron chi connectivity index (χ3n) is 3.56. The van der Waals surface area contributed by atoms with Crippen LogP contribution in [0.15, 0.2) is 42.6 Å². The molecule has 0 aliphatic carbocycles. The molecule has 0 saturated carbocycles. The van der Waals surface area contributed by atoms with Crippen LogP contribution in [-0.2, 0) is 22.5 Å². The van der Waals surface area contributed by atoms with Gasteiger partial charge in [0.25, 0.3) is 0 Å². The van der Waals surface area contributed by atoms with Crippen molar-refractivity contribution in [3.63, 3.8) is 0 Å². The van der Waals surface area contributed by atoms with Crippen LogP contribution in [-0.4, -0.2) is 29.9 Å². The van der Waals surface area contributed by atoms with Gasteiger partial charge in [0.2, 0.25) is 0 Å². The average Bonchev–Trinajstić information content (AvgIpc) is 2.54. The molecule has 0 N–H and O–H groups in total. The van der Waals surface area contributed by atoms with E-state index in [2.05, 4.69) is 4.98 Å². The zero-order valence-corrected chi connectivity index (χ0v) is 15.2. The number of nitrogens with zero attached hydrogens (tertiary/aromatic N) is 2. The van der Waals surface area contributed by atoms with Gasteiger partial charge >= 0.3 is 5.97 Å². The number of carbonyl (C=O) groups excluding carboxylic acids is 2. The lowest BCUT2D eigenvalue weighted by Gasteiger charge is -2.23. The van der Waals surface area contributed by atoms with Crippen molar-refractivity contribution >= 4 is 18.1 Å². The number of pyridine rings is 1. The van der Waals surface area contributed by atoms with E-state index < -0.39 is 5.60 Å². The number of ether oxygens (including phenoxy) is 1. The molecule has 5 heteroatoms. The Balaban J connectivity index is 2.28. The maximum Gasteiger partial charge on any atom is 0.310 e. The number of aromatic nitrogens is 1. The summed E-state index contributed by atoms with van der Waals surface area (Å²) in [5, 5.41) is 0. The molecule has 0 saturated heterocycles. The van der Waals surface area contributed by atoms with Gasteiger partial charge in [-0.05, 0) is 32.4 Å². The van der Waals surface area contributed by atoms with E-state index in [4.69, 9.17) is 4.74 Å². The van der Waals surface area contributed by atoms with Crippen molar-refractivity contribution in [3.05, 3.63) is 59.3 Å². The first-order valence-corrected chi connectivity index (χ1v) is 8.20. The van der Waals surface area contributed by atoms with Crippen molar-refractivity contribution in [1.29, 1.82) is 0 Å². The molecule has 0 radical (unpaired) electrons. The lowest BCUT2D eigenvalue weighted by molar-refractivity contribution is -0.153. The fourth-order valence-corrected chi connectivity index (χ4v) is 2.57. The van der Waals surface area contributed by atoms with Crippen LogP contribution in [0.2, 0.25) is 0 Å². The normalized spacial score (nSPS) is 11.0. The van der Waals surface area contributed by atoms with Gasteiger partial charge in [-0.1, -0.05) is 30.3 Å². The lowest BCUT2D eigenvalue weighted by atomic mass is 10.1. The molecule has 2 aromatic rings. The largest absolute Gasteiger partial charge is 0.460 e. The predicted molar refractivity (Wildman–Crippen MR) is 97.7 cm³/mol. The first-order chi connectivity index (χ1) is 11.8. The van der Waals surface area contributed by atoms with Crippen molar-refractivity contribution in [1.82, 2.24) is 4.98 Å². The molecule has 2 rings (SSSR count). The van der Waals surface area contributed by atoms with Crippen LogP contribution in [0.1, 0.15) is 42.3 Å². The molecule has 0 aliphatic heterocycles. The Morgan fingerprint density at radius 1 is 1.20 bits per heavy atom. The lowest BCUT2D eigenvalue weighted by Crippen LogP contribution is -2.26. The van der Waals surface area contributed by atoms with Gasteiger partial charge in [0.05, 0.1) is 6.42 Å². The monoisotopic (exact) mass is 340 g/mol. The van der Waals surface area contributed by atoms with E-state index in [1.165, 1.54) is 0 Å². The first-order valence-electron chi connectivity index (χ1n) is 8.20. The van der Waals surface area contributed by atoms with Gasteiger partial charge in [0.15, 0.2) is 6.29 Å². The fraction of sp³-hybridized carbons (Fsp3) is 0.350. The van der Waals surface area contributed by atoms with E-state index in [0.29, 0.717) is 23.5 Å². The van der Waals surface area contributed by atoms with Gasteiger partial charge in [0, 0.05) is 30.9 Å². The van der Waals surface area contributed by atoms with Gasteiger partial charge in [0.1, 0.15) is 11.4 Å². The molecule has 0 spiro atoms. The highest BCUT2D eigenvalue weighted by atomic mass is 16.6. The minimum atomic E-state index is -0.573. The van der Waals surface area contributed by atoms with Crippen molar-refractivity contribution < 1.29 is 14.3 Å². The molecule has 0 aliphatic rings. The third-order valence-corrected chi connectivity index (χ3v) is 3.56. The molecular formula is C20H24N2O3. The first kappa shape index (κ1) is 18.6. The number of carbonyl (C=O) groups is 2. The quantitative estimate of drug-likeness (QED) is 0.596. The molecule has 5 nitrogen and oxygen atoms in total. The summed E-state index contributed by atoms with van der Waals surface area (Å²) in [6.07, 6.45) is 2.34. The molecule has 0 fully saturated rings.